The number of aryl methyl sites for hydroxylation is 1. The van der Waals surface area contributed by atoms with E-state index in [0.29, 0.717) is 11.1 Å². The zero-order valence-corrected chi connectivity index (χ0v) is 9.42. The van der Waals surface area contributed by atoms with Gasteiger partial charge in [-0.3, -0.25) is 5.10 Å². The number of nitrogens with one attached hydrogen (secondary N) is 1. The van der Waals surface area contributed by atoms with Gasteiger partial charge in [0.1, 0.15) is 11.4 Å². The van der Waals surface area contributed by atoms with Crippen LogP contribution >= 0.6 is 0 Å². The molecule has 0 radical (unpaired) electrons. The summed E-state index contributed by atoms with van der Waals surface area (Å²) >= 11 is 0. The molecule has 2 rings (SSSR count). The average Bonchev–Trinajstić information content (AvgIpc) is 2.74. The molecule has 0 aliphatic carbocycles. The number of alkyl halides is 4. The number of aromatic amines is 1. The predicted molar refractivity (Wildman–Crippen MR) is 58.7 cm³/mol. The molecule has 2 aromatic rings. The molecule has 18 heavy (non-hydrogen) atoms. The van der Waals surface area contributed by atoms with Crippen LogP contribution in [0.2, 0.25) is 0 Å². The topological polar surface area (TPSA) is 28.7 Å². The van der Waals surface area contributed by atoms with Crippen molar-refractivity contribution in [2.24, 2.45) is 0 Å². The van der Waals surface area contributed by atoms with E-state index in [1.54, 1.807) is 31.2 Å². The Morgan fingerprint density at radius 3 is 2.28 bits per heavy atom. The molecular weight excluding hydrogens is 248 g/mol. The fourth-order valence-corrected chi connectivity index (χ4v) is 1.80. The lowest BCUT2D eigenvalue weighted by Gasteiger charge is -2.06. The maximum absolute atomic E-state index is 12.9. The highest BCUT2D eigenvalue weighted by atomic mass is 19.3. The molecule has 0 bridgehead atoms. The summed E-state index contributed by atoms with van der Waals surface area (Å²) in [6.45, 7) is 1.71. The minimum atomic E-state index is -3.00. The molecular formula is C12H10F4N2. The Kier molecular flexibility index (Phi) is 3.36. The molecule has 0 aliphatic rings. The van der Waals surface area contributed by atoms with Crippen molar-refractivity contribution >= 4 is 0 Å². The van der Waals surface area contributed by atoms with Crippen molar-refractivity contribution < 1.29 is 17.6 Å². The van der Waals surface area contributed by atoms with E-state index in [-0.39, 0.29) is 5.69 Å². The van der Waals surface area contributed by atoms with Crippen LogP contribution in [-0.2, 0) is 0 Å². The Balaban J connectivity index is 2.62. The second kappa shape index (κ2) is 4.80. The molecule has 0 saturated heterocycles. The van der Waals surface area contributed by atoms with Crippen LogP contribution in [0.3, 0.4) is 0 Å². The fourth-order valence-electron chi connectivity index (χ4n) is 1.80. The molecule has 96 valence electrons. The number of rotatable bonds is 3. The number of hydrogen-bond acceptors (Lipinski definition) is 1. The van der Waals surface area contributed by atoms with Gasteiger partial charge in [0.25, 0.3) is 12.9 Å². The molecule has 2 nitrogen and oxygen atoms in total. The Bertz CT molecular complexity index is 549. The van der Waals surface area contributed by atoms with E-state index >= 15 is 0 Å². The maximum atomic E-state index is 12.9. The number of aromatic nitrogens is 2. The molecule has 1 aromatic carbocycles. The van der Waals surface area contributed by atoms with Gasteiger partial charge in [0.15, 0.2) is 0 Å². The highest BCUT2D eigenvalue weighted by Gasteiger charge is 2.27. The third kappa shape index (κ3) is 2.10. The van der Waals surface area contributed by atoms with E-state index in [0.717, 1.165) is 0 Å². The molecule has 0 atom stereocenters. The Morgan fingerprint density at radius 2 is 1.72 bits per heavy atom. The highest BCUT2D eigenvalue weighted by molar-refractivity contribution is 5.67. The molecule has 1 aromatic heterocycles. The van der Waals surface area contributed by atoms with Crippen LogP contribution in [0.15, 0.2) is 24.3 Å². The number of nitrogens with zero attached hydrogens (tertiary/aromatic N) is 1. The third-order valence-corrected chi connectivity index (χ3v) is 2.67. The normalized spacial score (nSPS) is 11.5. The second-order valence-electron chi connectivity index (χ2n) is 3.82. The van der Waals surface area contributed by atoms with E-state index in [1.807, 2.05) is 5.10 Å². The van der Waals surface area contributed by atoms with Gasteiger partial charge in [-0.2, -0.15) is 5.10 Å². The average molecular weight is 258 g/mol. The van der Waals surface area contributed by atoms with Gasteiger partial charge in [-0.25, -0.2) is 17.6 Å². The van der Waals surface area contributed by atoms with E-state index in [9.17, 15) is 17.6 Å². The molecule has 0 fully saturated rings. The van der Waals surface area contributed by atoms with Gasteiger partial charge in [0.05, 0.1) is 5.56 Å². The van der Waals surface area contributed by atoms with E-state index in [1.165, 1.54) is 0 Å². The Labute approximate surface area is 101 Å². The summed E-state index contributed by atoms with van der Waals surface area (Å²) in [5.74, 6) is 0. The summed E-state index contributed by atoms with van der Waals surface area (Å²) in [6.07, 6.45) is -6.00. The lowest BCUT2D eigenvalue weighted by Crippen LogP contribution is -1.95. The summed E-state index contributed by atoms with van der Waals surface area (Å²) in [5.41, 5.74) is -0.524. The summed E-state index contributed by atoms with van der Waals surface area (Å²) in [4.78, 5) is 0. The molecule has 0 amide bonds. The molecule has 0 unspecified atom stereocenters. The van der Waals surface area contributed by atoms with Gasteiger partial charge in [-0.15, -0.1) is 0 Å². The highest BCUT2D eigenvalue weighted by Crippen LogP contribution is 2.36. The largest absolute Gasteiger partial charge is 0.280 e. The predicted octanol–water partition coefficient (Wildman–Crippen LogP) is 4.26. The lowest BCUT2D eigenvalue weighted by atomic mass is 10.0. The van der Waals surface area contributed by atoms with Gasteiger partial charge < -0.3 is 0 Å². The first-order valence-electron chi connectivity index (χ1n) is 5.22. The van der Waals surface area contributed by atoms with Crippen molar-refractivity contribution in [3.63, 3.8) is 0 Å². The number of hydrogen-bond donors (Lipinski definition) is 1. The van der Waals surface area contributed by atoms with E-state index in [2.05, 4.69) is 5.10 Å². The molecule has 1 heterocycles. The van der Waals surface area contributed by atoms with Crippen molar-refractivity contribution in [3.05, 3.63) is 41.1 Å². The van der Waals surface area contributed by atoms with Crippen LogP contribution in [0.4, 0.5) is 17.6 Å². The van der Waals surface area contributed by atoms with Gasteiger partial charge in [0.2, 0.25) is 0 Å². The minimum absolute atomic E-state index is 0.113. The van der Waals surface area contributed by atoms with Crippen molar-refractivity contribution in [1.82, 2.24) is 10.2 Å². The number of H-pyrrole nitrogens is 1. The van der Waals surface area contributed by atoms with Crippen LogP contribution in [0.25, 0.3) is 11.3 Å². The summed E-state index contributed by atoms with van der Waals surface area (Å²) < 4.78 is 51.0. The number of halogens is 4. The minimum Gasteiger partial charge on any atom is -0.276 e. The number of benzene rings is 1. The first kappa shape index (κ1) is 12.6. The first-order valence-corrected chi connectivity index (χ1v) is 5.22. The van der Waals surface area contributed by atoms with Crippen LogP contribution < -0.4 is 0 Å². The van der Waals surface area contributed by atoms with Crippen LogP contribution in [0.5, 0.6) is 0 Å². The monoisotopic (exact) mass is 258 g/mol. The smallest absolute Gasteiger partial charge is 0.276 e. The van der Waals surface area contributed by atoms with Gasteiger partial charge in [-0.1, -0.05) is 24.3 Å². The second-order valence-corrected chi connectivity index (χ2v) is 3.82. The van der Waals surface area contributed by atoms with Gasteiger partial charge in [-0.05, 0) is 12.5 Å². The summed E-state index contributed by atoms with van der Waals surface area (Å²) in [6, 6.07) is 6.67. The van der Waals surface area contributed by atoms with Crippen LogP contribution in [0, 0.1) is 6.92 Å². The molecule has 0 spiro atoms. The standard InChI is InChI=1S/C12H10F4N2/c1-6-4-2-3-5-7(6)9-8(11(13)14)10(12(15)16)18-17-9/h2-5,11-12H,1H3,(H,17,18). The lowest BCUT2D eigenvalue weighted by molar-refractivity contribution is 0.122. The van der Waals surface area contributed by atoms with Crippen molar-refractivity contribution in [2.45, 2.75) is 19.8 Å². The van der Waals surface area contributed by atoms with Crippen molar-refractivity contribution in [2.75, 3.05) is 0 Å². The summed E-state index contributed by atoms with van der Waals surface area (Å²) in [5, 5.41) is 5.61. The van der Waals surface area contributed by atoms with E-state index < -0.39 is 24.1 Å². The van der Waals surface area contributed by atoms with Gasteiger partial charge >= 0.3 is 0 Å². The Hall–Kier alpha value is -1.85. The van der Waals surface area contributed by atoms with Gasteiger partial charge in [0, 0.05) is 5.56 Å². The first-order chi connectivity index (χ1) is 8.52. The molecule has 6 heteroatoms. The van der Waals surface area contributed by atoms with Crippen LogP contribution in [0.1, 0.15) is 29.7 Å². The maximum Gasteiger partial charge on any atom is 0.280 e. The van der Waals surface area contributed by atoms with Crippen molar-refractivity contribution in [1.29, 1.82) is 0 Å². The summed E-state index contributed by atoms with van der Waals surface area (Å²) in [7, 11) is 0. The fraction of sp³-hybridized carbons (Fsp3) is 0.250. The SMILES string of the molecule is Cc1ccccc1-c1n[nH]c(C(F)F)c1C(F)F. The molecule has 1 N–H and O–H groups in total. The zero-order chi connectivity index (χ0) is 13.3. The molecule has 0 saturated carbocycles. The van der Waals surface area contributed by atoms with E-state index in [4.69, 9.17) is 0 Å². The third-order valence-electron chi connectivity index (χ3n) is 2.67. The van der Waals surface area contributed by atoms with Crippen LogP contribution in [-0.4, -0.2) is 10.2 Å². The Morgan fingerprint density at radius 1 is 1.06 bits per heavy atom. The van der Waals surface area contributed by atoms with Crippen molar-refractivity contribution in [3.8, 4) is 11.3 Å². The zero-order valence-electron chi connectivity index (χ0n) is 9.42. The molecule has 0 aliphatic heterocycles. The quantitative estimate of drug-likeness (QED) is 0.819.